The van der Waals surface area contributed by atoms with Crippen molar-refractivity contribution in [3.05, 3.63) is 89.4 Å². The van der Waals surface area contributed by atoms with Crippen molar-refractivity contribution in [3.8, 4) is 5.75 Å². The zero-order chi connectivity index (χ0) is 19.2. The van der Waals surface area contributed by atoms with E-state index in [0.29, 0.717) is 11.6 Å². The number of halogens is 1. The highest BCUT2D eigenvalue weighted by Crippen LogP contribution is 2.18. The number of hydrogen-bond acceptors (Lipinski definition) is 3. The van der Waals surface area contributed by atoms with E-state index in [-0.39, 0.29) is 24.9 Å². The van der Waals surface area contributed by atoms with E-state index in [1.165, 1.54) is 17.0 Å². The van der Waals surface area contributed by atoms with E-state index in [1.807, 2.05) is 38.1 Å². The summed E-state index contributed by atoms with van der Waals surface area (Å²) in [7, 11) is 0. The molecule has 0 saturated heterocycles. The molecule has 0 N–H and O–H groups in total. The fourth-order valence-electron chi connectivity index (χ4n) is 2.82. The predicted molar refractivity (Wildman–Crippen MR) is 103 cm³/mol. The normalized spacial score (nSPS) is 10.5. The van der Waals surface area contributed by atoms with Crippen LogP contribution in [0.25, 0.3) is 0 Å². The Balaban J connectivity index is 1.77. The molecule has 0 radical (unpaired) electrons. The van der Waals surface area contributed by atoms with Gasteiger partial charge in [0, 0.05) is 6.20 Å². The lowest BCUT2D eigenvalue weighted by molar-refractivity contribution is -0.120. The van der Waals surface area contributed by atoms with Crippen LogP contribution >= 0.6 is 0 Å². The molecule has 1 amide bonds. The van der Waals surface area contributed by atoms with Crippen LogP contribution in [0.4, 0.5) is 10.2 Å². The molecular weight excluding hydrogens is 343 g/mol. The maximum absolute atomic E-state index is 13.2. The molecule has 0 bridgehead atoms. The Morgan fingerprint density at radius 1 is 1.04 bits per heavy atom. The molecule has 3 rings (SSSR count). The van der Waals surface area contributed by atoms with Crippen LogP contribution in [-0.4, -0.2) is 17.5 Å². The summed E-state index contributed by atoms with van der Waals surface area (Å²) < 4.78 is 18.9. The highest BCUT2D eigenvalue weighted by molar-refractivity contribution is 5.93. The van der Waals surface area contributed by atoms with Gasteiger partial charge in [-0.2, -0.15) is 0 Å². The van der Waals surface area contributed by atoms with Gasteiger partial charge in [-0.3, -0.25) is 9.69 Å². The second kappa shape index (κ2) is 8.45. The molecule has 2 aromatic carbocycles. The Kier molecular flexibility index (Phi) is 5.81. The Hall–Kier alpha value is -3.21. The third-order valence-corrected chi connectivity index (χ3v) is 4.04. The summed E-state index contributed by atoms with van der Waals surface area (Å²) in [6, 6.07) is 17.3. The van der Waals surface area contributed by atoms with Gasteiger partial charge in [0.05, 0.1) is 6.54 Å². The van der Waals surface area contributed by atoms with Crippen molar-refractivity contribution in [1.29, 1.82) is 0 Å². The number of benzene rings is 2. The second-order valence-corrected chi connectivity index (χ2v) is 6.41. The van der Waals surface area contributed by atoms with E-state index >= 15 is 0 Å². The zero-order valence-electron chi connectivity index (χ0n) is 15.4. The standard InChI is InChI=1S/C22H21FN2O2/c1-16-11-17(2)13-20(12-16)27-15-22(26)25(21-5-3-4-10-24-21)14-18-6-8-19(23)9-7-18/h3-13H,14-15H2,1-2H3. The Morgan fingerprint density at radius 3 is 2.37 bits per heavy atom. The van der Waals surface area contributed by atoms with Crippen molar-refractivity contribution in [2.45, 2.75) is 20.4 Å². The Morgan fingerprint density at radius 2 is 1.74 bits per heavy atom. The molecule has 0 fully saturated rings. The molecule has 1 aromatic heterocycles. The van der Waals surface area contributed by atoms with Gasteiger partial charge in [0.1, 0.15) is 17.4 Å². The molecule has 3 aromatic rings. The molecule has 0 unspecified atom stereocenters. The van der Waals surface area contributed by atoms with Crippen LogP contribution in [0, 0.1) is 19.7 Å². The number of pyridine rings is 1. The first kappa shape index (κ1) is 18.6. The quantitative estimate of drug-likeness (QED) is 0.649. The lowest BCUT2D eigenvalue weighted by Crippen LogP contribution is -2.35. The van der Waals surface area contributed by atoms with Crippen LogP contribution in [0.15, 0.2) is 66.9 Å². The largest absolute Gasteiger partial charge is 0.484 e. The number of anilines is 1. The number of carbonyl (C=O) groups excluding carboxylic acids is 1. The van der Waals surface area contributed by atoms with Crippen molar-refractivity contribution < 1.29 is 13.9 Å². The molecular formula is C22H21FN2O2. The van der Waals surface area contributed by atoms with Crippen molar-refractivity contribution in [2.24, 2.45) is 0 Å². The van der Waals surface area contributed by atoms with E-state index in [1.54, 1.807) is 30.5 Å². The van der Waals surface area contributed by atoms with Crippen LogP contribution in [0.1, 0.15) is 16.7 Å². The van der Waals surface area contributed by atoms with Gasteiger partial charge in [-0.15, -0.1) is 0 Å². The van der Waals surface area contributed by atoms with Crippen molar-refractivity contribution in [1.82, 2.24) is 4.98 Å². The zero-order valence-corrected chi connectivity index (χ0v) is 15.4. The minimum atomic E-state index is -0.312. The molecule has 27 heavy (non-hydrogen) atoms. The molecule has 0 aliphatic heterocycles. The van der Waals surface area contributed by atoms with Crippen LogP contribution in [-0.2, 0) is 11.3 Å². The maximum Gasteiger partial charge on any atom is 0.266 e. The van der Waals surface area contributed by atoms with E-state index in [9.17, 15) is 9.18 Å². The minimum absolute atomic E-state index is 0.110. The monoisotopic (exact) mass is 364 g/mol. The third-order valence-electron chi connectivity index (χ3n) is 4.04. The Bertz CT molecular complexity index is 891. The topological polar surface area (TPSA) is 42.4 Å². The van der Waals surface area contributed by atoms with Gasteiger partial charge in [0.25, 0.3) is 5.91 Å². The van der Waals surface area contributed by atoms with Crippen molar-refractivity contribution >= 4 is 11.7 Å². The molecule has 0 spiro atoms. The number of carbonyl (C=O) groups is 1. The molecule has 0 saturated carbocycles. The average molecular weight is 364 g/mol. The van der Waals surface area contributed by atoms with E-state index in [0.717, 1.165) is 16.7 Å². The van der Waals surface area contributed by atoms with Crippen LogP contribution in [0.5, 0.6) is 5.75 Å². The highest BCUT2D eigenvalue weighted by Gasteiger charge is 2.18. The molecule has 0 atom stereocenters. The predicted octanol–water partition coefficient (Wildman–Crippen LogP) is 4.45. The summed E-state index contributed by atoms with van der Waals surface area (Å²) in [6.07, 6.45) is 1.63. The molecule has 4 nitrogen and oxygen atoms in total. The minimum Gasteiger partial charge on any atom is -0.484 e. The van der Waals surface area contributed by atoms with Crippen molar-refractivity contribution in [2.75, 3.05) is 11.5 Å². The molecule has 138 valence electrons. The first-order valence-corrected chi connectivity index (χ1v) is 8.68. The molecule has 5 heteroatoms. The number of ether oxygens (including phenoxy) is 1. The van der Waals surface area contributed by atoms with Crippen molar-refractivity contribution in [3.63, 3.8) is 0 Å². The van der Waals surface area contributed by atoms with Gasteiger partial charge >= 0.3 is 0 Å². The molecule has 0 aliphatic carbocycles. The van der Waals surface area contributed by atoms with Crippen LogP contribution < -0.4 is 9.64 Å². The van der Waals surface area contributed by atoms with Gasteiger partial charge in [-0.05, 0) is 66.9 Å². The summed E-state index contributed by atoms with van der Waals surface area (Å²) in [5.74, 6) is 0.643. The summed E-state index contributed by atoms with van der Waals surface area (Å²) in [6.45, 7) is 4.14. The number of nitrogens with zero attached hydrogens (tertiary/aromatic N) is 2. The lowest BCUT2D eigenvalue weighted by atomic mass is 10.1. The van der Waals surface area contributed by atoms with Gasteiger partial charge in [-0.25, -0.2) is 9.37 Å². The average Bonchev–Trinajstić information content (AvgIpc) is 2.65. The van der Waals surface area contributed by atoms with Crippen LogP contribution in [0.3, 0.4) is 0 Å². The van der Waals surface area contributed by atoms with E-state index < -0.39 is 0 Å². The fourth-order valence-corrected chi connectivity index (χ4v) is 2.82. The number of amides is 1. The summed E-state index contributed by atoms with van der Waals surface area (Å²) in [5, 5.41) is 0. The number of rotatable bonds is 6. The smallest absolute Gasteiger partial charge is 0.266 e. The van der Waals surface area contributed by atoms with E-state index in [4.69, 9.17) is 4.74 Å². The van der Waals surface area contributed by atoms with Gasteiger partial charge in [-0.1, -0.05) is 24.3 Å². The summed E-state index contributed by atoms with van der Waals surface area (Å²) in [4.78, 5) is 18.7. The highest BCUT2D eigenvalue weighted by atomic mass is 19.1. The first-order chi connectivity index (χ1) is 13.0. The lowest BCUT2D eigenvalue weighted by Gasteiger charge is -2.22. The first-order valence-electron chi connectivity index (χ1n) is 8.68. The third kappa shape index (κ3) is 5.14. The molecule has 1 heterocycles. The van der Waals surface area contributed by atoms with Gasteiger partial charge in [0.15, 0.2) is 6.61 Å². The van der Waals surface area contributed by atoms with Crippen LogP contribution in [0.2, 0.25) is 0 Å². The fraction of sp³-hybridized carbons (Fsp3) is 0.182. The van der Waals surface area contributed by atoms with Gasteiger partial charge < -0.3 is 4.74 Å². The summed E-state index contributed by atoms with van der Waals surface area (Å²) in [5.41, 5.74) is 2.96. The maximum atomic E-state index is 13.2. The molecule has 0 aliphatic rings. The van der Waals surface area contributed by atoms with Gasteiger partial charge in [0.2, 0.25) is 0 Å². The Labute approximate surface area is 158 Å². The summed E-state index contributed by atoms with van der Waals surface area (Å²) >= 11 is 0. The number of aryl methyl sites for hydroxylation is 2. The number of aromatic nitrogens is 1. The SMILES string of the molecule is Cc1cc(C)cc(OCC(=O)N(Cc2ccc(F)cc2)c2ccccn2)c1. The van der Waals surface area contributed by atoms with E-state index in [2.05, 4.69) is 4.98 Å². The number of hydrogen-bond donors (Lipinski definition) is 0. The second-order valence-electron chi connectivity index (χ2n) is 6.41.